The van der Waals surface area contributed by atoms with Crippen molar-refractivity contribution in [2.24, 2.45) is 11.8 Å². The van der Waals surface area contributed by atoms with Gasteiger partial charge in [0, 0.05) is 18.7 Å². The van der Waals surface area contributed by atoms with Crippen LogP contribution in [0, 0.1) is 11.8 Å². The fraction of sp³-hybridized carbons (Fsp3) is 0.500. The second-order valence-electron chi connectivity index (χ2n) is 5.07. The Morgan fingerprint density at radius 3 is 2.76 bits per heavy atom. The molecule has 1 aromatic rings. The number of hydrogen-bond acceptors (Lipinski definition) is 2. The lowest BCUT2D eigenvalue weighted by Crippen LogP contribution is -2.21. The Hall–Kier alpha value is -1.02. The second-order valence-corrected chi connectivity index (χ2v) is 5.47. The van der Waals surface area contributed by atoms with Gasteiger partial charge in [0.1, 0.15) is 6.29 Å². The Labute approximate surface area is 108 Å². The molecule has 1 fully saturated rings. The van der Waals surface area contributed by atoms with Crippen molar-refractivity contribution in [2.75, 3.05) is 18.0 Å². The molecule has 92 valence electrons. The summed E-state index contributed by atoms with van der Waals surface area (Å²) in [5.74, 6) is 1.46. The van der Waals surface area contributed by atoms with Crippen molar-refractivity contribution in [1.82, 2.24) is 0 Å². The van der Waals surface area contributed by atoms with Gasteiger partial charge in [-0.1, -0.05) is 25.4 Å². The van der Waals surface area contributed by atoms with Crippen LogP contribution < -0.4 is 4.90 Å². The molecule has 0 bridgehead atoms. The van der Waals surface area contributed by atoms with E-state index in [9.17, 15) is 4.79 Å². The Morgan fingerprint density at radius 2 is 2.24 bits per heavy atom. The van der Waals surface area contributed by atoms with E-state index in [-0.39, 0.29) is 0 Å². The molecule has 1 aromatic carbocycles. The summed E-state index contributed by atoms with van der Waals surface area (Å²) in [6.07, 6.45) is 2.06. The van der Waals surface area contributed by atoms with Gasteiger partial charge in [0.2, 0.25) is 0 Å². The van der Waals surface area contributed by atoms with Gasteiger partial charge in [-0.3, -0.25) is 4.79 Å². The molecule has 1 aliphatic rings. The van der Waals surface area contributed by atoms with Crippen molar-refractivity contribution in [2.45, 2.75) is 20.3 Å². The molecule has 1 saturated heterocycles. The first-order chi connectivity index (χ1) is 8.11. The van der Waals surface area contributed by atoms with Crippen LogP contribution in [0.1, 0.15) is 30.6 Å². The average Bonchev–Trinajstić information content (AvgIpc) is 2.78. The van der Waals surface area contributed by atoms with Crippen molar-refractivity contribution >= 4 is 23.6 Å². The highest BCUT2D eigenvalue weighted by molar-refractivity contribution is 6.33. The second kappa shape index (κ2) is 5.09. The summed E-state index contributed by atoms with van der Waals surface area (Å²) >= 11 is 6.21. The van der Waals surface area contributed by atoms with Gasteiger partial charge in [-0.25, -0.2) is 0 Å². The van der Waals surface area contributed by atoms with Crippen LogP contribution in [-0.4, -0.2) is 19.4 Å². The van der Waals surface area contributed by atoms with Gasteiger partial charge in [0.25, 0.3) is 0 Å². The van der Waals surface area contributed by atoms with Gasteiger partial charge < -0.3 is 4.90 Å². The largest absolute Gasteiger partial charge is 0.370 e. The first kappa shape index (κ1) is 12.4. The maximum Gasteiger partial charge on any atom is 0.150 e. The minimum Gasteiger partial charge on any atom is -0.370 e. The topological polar surface area (TPSA) is 20.3 Å². The third-order valence-electron chi connectivity index (χ3n) is 3.62. The van der Waals surface area contributed by atoms with E-state index in [0.29, 0.717) is 16.5 Å². The molecule has 0 radical (unpaired) electrons. The normalized spacial score (nSPS) is 20.0. The molecule has 0 aromatic heterocycles. The molecule has 3 heteroatoms. The summed E-state index contributed by atoms with van der Waals surface area (Å²) in [6.45, 7) is 6.66. The summed E-state index contributed by atoms with van der Waals surface area (Å²) in [5.41, 5.74) is 1.69. The first-order valence-corrected chi connectivity index (χ1v) is 6.49. The number of aldehydes is 1. The third kappa shape index (κ3) is 2.63. The van der Waals surface area contributed by atoms with Crippen LogP contribution in [0.5, 0.6) is 0 Å². The summed E-state index contributed by atoms with van der Waals surface area (Å²) in [5, 5.41) is 0.680. The molecule has 1 atom stereocenters. The van der Waals surface area contributed by atoms with E-state index in [1.54, 1.807) is 6.07 Å². The van der Waals surface area contributed by atoms with Gasteiger partial charge >= 0.3 is 0 Å². The van der Waals surface area contributed by atoms with Gasteiger partial charge in [0.15, 0.2) is 0 Å². The van der Waals surface area contributed by atoms with E-state index in [2.05, 4.69) is 18.7 Å². The monoisotopic (exact) mass is 251 g/mol. The minimum absolute atomic E-state index is 0.637. The Bertz CT molecular complexity index is 417. The van der Waals surface area contributed by atoms with Crippen LogP contribution in [0.25, 0.3) is 0 Å². The molecule has 0 amide bonds. The van der Waals surface area contributed by atoms with Crippen LogP contribution in [0.4, 0.5) is 5.69 Å². The van der Waals surface area contributed by atoms with E-state index in [0.717, 1.165) is 31.0 Å². The predicted octanol–water partition coefficient (Wildman–Crippen LogP) is 3.63. The summed E-state index contributed by atoms with van der Waals surface area (Å²) in [7, 11) is 0. The molecule has 0 aliphatic carbocycles. The fourth-order valence-electron chi connectivity index (χ4n) is 2.40. The number of benzene rings is 1. The van der Waals surface area contributed by atoms with Crippen molar-refractivity contribution in [1.29, 1.82) is 0 Å². The van der Waals surface area contributed by atoms with E-state index in [4.69, 9.17) is 11.6 Å². The molecular formula is C14H18ClNO. The van der Waals surface area contributed by atoms with E-state index < -0.39 is 0 Å². The van der Waals surface area contributed by atoms with Crippen LogP contribution in [-0.2, 0) is 0 Å². The van der Waals surface area contributed by atoms with E-state index >= 15 is 0 Å². The lowest BCUT2D eigenvalue weighted by atomic mass is 9.95. The lowest BCUT2D eigenvalue weighted by molar-refractivity contribution is 0.112. The summed E-state index contributed by atoms with van der Waals surface area (Å²) in [4.78, 5) is 13.0. The van der Waals surface area contributed by atoms with Gasteiger partial charge in [-0.15, -0.1) is 0 Å². The summed E-state index contributed by atoms with van der Waals surface area (Å²) in [6, 6.07) is 5.53. The standard InChI is InChI=1S/C14H18ClNO/c1-10(2)12-5-6-16(8-12)14-4-3-11(9-17)7-13(14)15/h3-4,7,9-10,12H,5-6,8H2,1-2H3. The SMILES string of the molecule is CC(C)C1CCN(c2ccc(C=O)cc2Cl)C1. The van der Waals surface area contributed by atoms with Gasteiger partial charge in [-0.05, 0) is 36.5 Å². The van der Waals surface area contributed by atoms with E-state index in [1.807, 2.05) is 12.1 Å². The van der Waals surface area contributed by atoms with Crippen molar-refractivity contribution in [3.05, 3.63) is 28.8 Å². The zero-order valence-corrected chi connectivity index (χ0v) is 11.1. The predicted molar refractivity (Wildman–Crippen MR) is 72.0 cm³/mol. The maximum atomic E-state index is 10.7. The number of carbonyl (C=O) groups excluding carboxylic acids is 1. The Kier molecular flexibility index (Phi) is 3.72. The number of rotatable bonds is 3. The molecule has 0 N–H and O–H groups in total. The van der Waals surface area contributed by atoms with Crippen LogP contribution in [0.2, 0.25) is 5.02 Å². The molecule has 17 heavy (non-hydrogen) atoms. The first-order valence-electron chi connectivity index (χ1n) is 6.11. The Balaban J connectivity index is 2.16. The lowest BCUT2D eigenvalue weighted by Gasteiger charge is -2.21. The number of nitrogens with zero attached hydrogens (tertiary/aromatic N) is 1. The van der Waals surface area contributed by atoms with Gasteiger partial charge in [0.05, 0.1) is 10.7 Å². The summed E-state index contributed by atoms with van der Waals surface area (Å²) < 4.78 is 0. The van der Waals surface area contributed by atoms with Crippen LogP contribution in [0.3, 0.4) is 0 Å². The van der Waals surface area contributed by atoms with Crippen molar-refractivity contribution in [3.63, 3.8) is 0 Å². The minimum atomic E-state index is 0.637. The molecule has 2 rings (SSSR count). The van der Waals surface area contributed by atoms with Gasteiger partial charge in [-0.2, -0.15) is 0 Å². The van der Waals surface area contributed by atoms with Crippen LogP contribution >= 0.6 is 11.6 Å². The molecule has 1 unspecified atom stereocenters. The fourth-order valence-corrected chi connectivity index (χ4v) is 2.71. The molecular weight excluding hydrogens is 234 g/mol. The maximum absolute atomic E-state index is 10.7. The molecule has 0 saturated carbocycles. The molecule has 1 aliphatic heterocycles. The van der Waals surface area contributed by atoms with Crippen LogP contribution in [0.15, 0.2) is 18.2 Å². The smallest absolute Gasteiger partial charge is 0.150 e. The molecule has 1 heterocycles. The average molecular weight is 252 g/mol. The highest BCUT2D eigenvalue weighted by Gasteiger charge is 2.25. The number of carbonyl (C=O) groups is 1. The molecule has 0 spiro atoms. The quantitative estimate of drug-likeness (QED) is 0.765. The Morgan fingerprint density at radius 1 is 1.47 bits per heavy atom. The highest BCUT2D eigenvalue weighted by Crippen LogP contribution is 2.33. The number of anilines is 1. The van der Waals surface area contributed by atoms with E-state index in [1.165, 1.54) is 6.42 Å². The number of hydrogen-bond donors (Lipinski definition) is 0. The van der Waals surface area contributed by atoms with Crippen molar-refractivity contribution in [3.8, 4) is 0 Å². The zero-order valence-electron chi connectivity index (χ0n) is 10.3. The number of halogens is 1. The third-order valence-corrected chi connectivity index (χ3v) is 3.92. The van der Waals surface area contributed by atoms with Crippen molar-refractivity contribution < 1.29 is 4.79 Å². The zero-order chi connectivity index (χ0) is 12.4. The molecule has 2 nitrogen and oxygen atoms in total. The highest BCUT2D eigenvalue weighted by atomic mass is 35.5.